The van der Waals surface area contributed by atoms with E-state index >= 15 is 0 Å². The molecule has 0 aliphatic heterocycles. The molecule has 0 amide bonds. The Balaban J connectivity index is 1.43. The van der Waals surface area contributed by atoms with Crippen molar-refractivity contribution in [2.75, 3.05) is 10.0 Å². The van der Waals surface area contributed by atoms with Gasteiger partial charge in [0.2, 0.25) is 5.78 Å². The molecule has 39 heavy (non-hydrogen) atoms. The first-order valence-electron chi connectivity index (χ1n) is 11.9. The molecule has 0 radical (unpaired) electrons. The van der Waals surface area contributed by atoms with Crippen molar-refractivity contribution >= 4 is 55.0 Å². The zero-order valence-corrected chi connectivity index (χ0v) is 22.4. The molecule has 3 aromatic carbocycles. The predicted octanol–water partition coefficient (Wildman–Crippen LogP) is 7.64. The Kier molecular flexibility index (Phi) is 7.57. The van der Waals surface area contributed by atoms with E-state index in [0.29, 0.717) is 32.4 Å². The molecule has 2 aromatic heterocycles. The molecule has 5 rings (SSSR count). The molecule has 0 aliphatic carbocycles. The molecule has 2 N–H and O–H groups in total. The smallest absolute Gasteiger partial charge is 0.263 e. The average Bonchev–Trinajstić information content (AvgIpc) is 3.27. The topological polar surface area (TPSA) is 113 Å². The first kappa shape index (κ1) is 26.0. The third kappa shape index (κ3) is 6.08. The predicted molar refractivity (Wildman–Crippen MR) is 154 cm³/mol. The van der Waals surface area contributed by atoms with E-state index in [9.17, 15) is 13.2 Å². The van der Waals surface area contributed by atoms with Crippen LogP contribution in [0.4, 0.5) is 27.9 Å². The van der Waals surface area contributed by atoms with Crippen LogP contribution in [-0.2, 0) is 10.0 Å². The van der Waals surface area contributed by atoms with Gasteiger partial charge in [0.25, 0.3) is 10.0 Å². The lowest BCUT2D eigenvalue weighted by Crippen LogP contribution is -2.13. The fourth-order valence-corrected chi connectivity index (χ4v) is 5.85. The van der Waals surface area contributed by atoms with E-state index in [0.717, 1.165) is 5.69 Å². The molecule has 0 bridgehead atoms. The van der Waals surface area contributed by atoms with Gasteiger partial charge in [-0.3, -0.25) is 9.52 Å². The van der Waals surface area contributed by atoms with E-state index in [2.05, 4.69) is 25.3 Å². The molecule has 5 aromatic rings. The van der Waals surface area contributed by atoms with Crippen LogP contribution in [0.5, 0.6) is 0 Å². The zero-order chi connectivity index (χ0) is 27.2. The number of thiophene rings is 1. The third-order valence-corrected chi connectivity index (χ3v) is 8.27. The Morgan fingerprint density at radius 2 is 1.49 bits per heavy atom. The monoisotopic (exact) mass is 553 g/mol. The SMILES string of the molecule is Cc1c(C(=O)c2ccccc2)sc(Nc2ccccc2)c1N=Nc1ccc(S(=O)(=O)Nc2ccccn2)cc1. The molecule has 0 spiro atoms. The van der Waals surface area contributed by atoms with Gasteiger partial charge in [0.15, 0.2) is 0 Å². The van der Waals surface area contributed by atoms with Gasteiger partial charge in [-0.15, -0.1) is 16.5 Å². The molecular formula is C29H23N5O3S2. The summed E-state index contributed by atoms with van der Waals surface area (Å²) in [6, 6.07) is 29.7. The number of nitrogens with one attached hydrogen (secondary N) is 2. The highest BCUT2D eigenvalue weighted by Crippen LogP contribution is 2.43. The van der Waals surface area contributed by atoms with Crippen molar-refractivity contribution in [2.24, 2.45) is 10.2 Å². The number of azo groups is 1. The van der Waals surface area contributed by atoms with Gasteiger partial charge >= 0.3 is 0 Å². The Bertz CT molecular complexity index is 1720. The first-order valence-corrected chi connectivity index (χ1v) is 14.2. The lowest BCUT2D eigenvalue weighted by molar-refractivity contribution is 0.104. The zero-order valence-electron chi connectivity index (χ0n) is 20.8. The van der Waals surface area contributed by atoms with Gasteiger partial charge in [-0.05, 0) is 55.5 Å². The van der Waals surface area contributed by atoms with Crippen LogP contribution in [0.1, 0.15) is 20.8 Å². The average molecular weight is 554 g/mol. The maximum atomic E-state index is 13.3. The number of hydrogen-bond donors (Lipinski definition) is 2. The molecule has 0 aliphatic rings. The number of sulfonamides is 1. The first-order chi connectivity index (χ1) is 18.9. The highest BCUT2D eigenvalue weighted by Gasteiger charge is 2.22. The van der Waals surface area contributed by atoms with E-state index in [4.69, 9.17) is 0 Å². The second-order valence-corrected chi connectivity index (χ2v) is 11.1. The van der Waals surface area contributed by atoms with Crippen molar-refractivity contribution < 1.29 is 13.2 Å². The number of pyridine rings is 1. The maximum Gasteiger partial charge on any atom is 0.263 e. The van der Waals surface area contributed by atoms with E-state index in [-0.39, 0.29) is 16.5 Å². The number of rotatable bonds is 9. The second-order valence-electron chi connectivity index (χ2n) is 8.43. The quantitative estimate of drug-likeness (QED) is 0.144. The van der Waals surface area contributed by atoms with Crippen LogP contribution in [0.3, 0.4) is 0 Å². The summed E-state index contributed by atoms with van der Waals surface area (Å²) in [5.41, 5.74) is 3.14. The molecular weight excluding hydrogens is 530 g/mol. The Hall–Kier alpha value is -4.67. The molecule has 10 heteroatoms. The molecule has 0 unspecified atom stereocenters. The number of nitrogens with zero attached hydrogens (tertiary/aromatic N) is 3. The molecule has 194 valence electrons. The van der Waals surface area contributed by atoms with Gasteiger partial charge in [0.05, 0.1) is 15.5 Å². The summed E-state index contributed by atoms with van der Waals surface area (Å²) in [6.07, 6.45) is 1.51. The van der Waals surface area contributed by atoms with E-state index in [1.807, 2.05) is 55.5 Å². The Morgan fingerprint density at radius 3 is 2.15 bits per heavy atom. The van der Waals surface area contributed by atoms with Gasteiger partial charge < -0.3 is 5.32 Å². The summed E-state index contributed by atoms with van der Waals surface area (Å²) >= 11 is 1.32. The van der Waals surface area contributed by atoms with Crippen LogP contribution in [-0.4, -0.2) is 19.2 Å². The van der Waals surface area contributed by atoms with Crippen molar-refractivity contribution in [2.45, 2.75) is 11.8 Å². The van der Waals surface area contributed by atoms with Crippen molar-refractivity contribution in [3.8, 4) is 0 Å². The maximum absolute atomic E-state index is 13.3. The number of aromatic nitrogens is 1. The van der Waals surface area contributed by atoms with Gasteiger partial charge in [0, 0.05) is 23.0 Å². The summed E-state index contributed by atoms with van der Waals surface area (Å²) in [7, 11) is -3.81. The minimum absolute atomic E-state index is 0.0704. The summed E-state index contributed by atoms with van der Waals surface area (Å²) in [6.45, 7) is 1.84. The molecule has 0 saturated heterocycles. The van der Waals surface area contributed by atoms with Crippen LogP contribution in [0.2, 0.25) is 0 Å². The molecule has 8 nitrogen and oxygen atoms in total. The Labute approximate surface area is 230 Å². The summed E-state index contributed by atoms with van der Waals surface area (Å²) in [4.78, 5) is 17.9. The summed E-state index contributed by atoms with van der Waals surface area (Å²) < 4.78 is 27.8. The minimum Gasteiger partial charge on any atom is -0.345 e. The molecule has 0 atom stereocenters. The second kappa shape index (κ2) is 11.4. The number of ketones is 1. The van der Waals surface area contributed by atoms with Gasteiger partial charge in [-0.25, -0.2) is 13.4 Å². The molecule has 0 saturated carbocycles. The normalized spacial score (nSPS) is 11.4. The largest absolute Gasteiger partial charge is 0.345 e. The van der Waals surface area contributed by atoms with Gasteiger partial charge in [-0.1, -0.05) is 54.6 Å². The molecule has 0 fully saturated rings. The highest BCUT2D eigenvalue weighted by molar-refractivity contribution is 7.92. The van der Waals surface area contributed by atoms with Gasteiger partial charge in [0.1, 0.15) is 16.5 Å². The van der Waals surface area contributed by atoms with E-state index in [1.54, 1.807) is 42.5 Å². The van der Waals surface area contributed by atoms with E-state index in [1.165, 1.54) is 29.7 Å². The fourth-order valence-electron chi connectivity index (χ4n) is 3.72. The number of benzene rings is 3. The number of carbonyl (C=O) groups is 1. The summed E-state index contributed by atoms with van der Waals surface area (Å²) in [5, 5.41) is 12.8. The standard InChI is InChI=1S/C29H23N5O3S2/c1-20-26(33-32-23-15-17-24(18-16-23)39(36,37)34-25-14-8-9-19-30-25)29(31-22-12-6-3-7-13-22)38-28(20)27(35)21-10-4-2-5-11-21/h2-19,31H,1H3,(H,30,34). The number of anilines is 3. The Morgan fingerprint density at radius 1 is 0.821 bits per heavy atom. The van der Waals surface area contributed by atoms with Crippen LogP contribution in [0.15, 0.2) is 124 Å². The fraction of sp³-hybridized carbons (Fsp3) is 0.0345. The van der Waals surface area contributed by atoms with Gasteiger partial charge in [-0.2, -0.15) is 5.11 Å². The lowest BCUT2D eigenvalue weighted by Gasteiger charge is -2.07. The van der Waals surface area contributed by atoms with E-state index < -0.39 is 10.0 Å². The number of carbonyl (C=O) groups excluding carboxylic acids is 1. The minimum atomic E-state index is -3.81. The molecule has 2 heterocycles. The number of para-hydroxylation sites is 1. The third-order valence-electron chi connectivity index (χ3n) is 5.71. The van der Waals surface area contributed by atoms with Crippen LogP contribution in [0.25, 0.3) is 0 Å². The lowest BCUT2D eigenvalue weighted by atomic mass is 10.1. The van der Waals surface area contributed by atoms with Crippen molar-refractivity contribution in [1.82, 2.24) is 4.98 Å². The van der Waals surface area contributed by atoms with Crippen LogP contribution < -0.4 is 10.0 Å². The van der Waals surface area contributed by atoms with Crippen LogP contribution >= 0.6 is 11.3 Å². The van der Waals surface area contributed by atoms with Crippen molar-refractivity contribution in [1.29, 1.82) is 0 Å². The highest BCUT2D eigenvalue weighted by atomic mass is 32.2. The summed E-state index contributed by atoms with van der Waals surface area (Å²) in [5.74, 6) is 0.138. The van der Waals surface area contributed by atoms with Crippen molar-refractivity contribution in [3.63, 3.8) is 0 Å². The van der Waals surface area contributed by atoms with Crippen molar-refractivity contribution in [3.05, 3.63) is 125 Å². The van der Waals surface area contributed by atoms with Crippen LogP contribution in [0, 0.1) is 6.92 Å². The number of hydrogen-bond acceptors (Lipinski definition) is 8.